The fourth-order valence-corrected chi connectivity index (χ4v) is 2.28. The molecule has 1 aromatic carbocycles. The number of carbonyl (C=O) groups is 1. The molecule has 6 heteroatoms. The molecule has 0 aliphatic rings. The van der Waals surface area contributed by atoms with Crippen LogP contribution in [0.1, 0.15) is 21.7 Å². The SMILES string of the molecule is Cc1cc(C(=O)n2ccnc2)c(NCc2ccco2)cc1Cl. The van der Waals surface area contributed by atoms with Gasteiger partial charge in [0.25, 0.3) is 5.91 Å². The second-order valence-electron chi connectivity index (χ2n) is 4.85. The van der Waals surface area contributed by atoms with Crippen LogP contribution < -0.4 is 5.32 Å². The predicted octanol–water partition coefficient (Wildman–Crippen LogP) is 3.74. The summed E-state index contributed by atoms with van der Waals surface area (Å²) in [5.41, 5.74) is 2.03. The van der Waals surface area contributed by atoms with Crippen molar-refractivity contribution in [1.29, 1.82) is 0 Å². The quantitative estimate of drug-likeness (QED) is 0.796. The summed E-state index contributed by atoms with van der Waals surface area (Å²) < 4.78 is 6.72. The summed E-state index contributed by atoms with van der Waals surface area (Å²) in [5.74, 6) is 0.608. The van der Waals surface area contributed by atoms with Crippen LogP contribution >= 0.6 is 11.6 Å². The van der Waals surface area contributed by atoms with Gasteiger partial charge in [-0.15, -0.1) is 0 Å². The van der Waals surface area contributed by atoms with E-state index in [4.69, 9.17) is 16.0 Å². The Kier molecular flexibility index (Phi) is 3.98. The van der Waals surface area contributed by atoms with Gasteiger partial charge in [-0.1, -0.05) is 11.6 Å². The number of nitrogens with zero attached hydrogens (tertiary/aromatic N) is 2. The Morgan fingerprint density at radius 2 is 2.32 bits per heavy atom. The highest BCUT2D eigenvalue weighted by atomic mass is 35.5. The summed E-state index contributed by atoms with van der Waals surface area (Å²) in [7, 11) is 0. The van der Waals surface area contributed by atoms with Gasteiger partial charge in [0.15, 0.2) is 0 Å². The number of halogens is 1. The first-order valence-corrected chi connectivity index (χ1v) is 7.12. The number of hydrogen-bond donors (Lipinski definition) is 1. The molecule has 5 nitrogen and oxygen atoms in total. The number of aromatic nitrogens is 2. The van der Waals surface area contributed by atoms with E-state index in [-0.39, 0.29) is 5.91 Å². The third kappa shape index (κ3) is 2.89. The molecule has 0 unspecified atom stereocenters. The number of nitrogens with one attached hydrogen (secondary N) is 1. The Hall–Kier alpha value is -2.53. The smallest absolute Gasteiger partial charge is 0.265 e. The lowest BCUT2D eigenvalue weighted by atomic mass is 10.1. The lowest BCUT2D eigenvalue weighted by molar-refractivity contribution is 0.0960. The highest BCUT2D eigenvalue weighted by molar-refractivity contribution is 6.31. The van der Waals surface area contributed by atoms with Crippen LogP contribution in [-0.4, -0.2) is 15.5 Å². The van der Waals surface area contributed by atoms with Crippen molar-refractivity contribution in [2.24, 2.45) is 0 Å². The molecular formula is C16H14ClN3O2. The van der Waals surface area contributed by atoms with Crippen molar-refractivity contribution in [1.82, 2.24) is 9.55 Å². The summed E-state index contributed by atoms with van der Waals surface area (Å²) in [6, 6.07) is 7.20. The van der Waals surface area contributed by atoms with Crippen LogP contribution in [0.15, 0.2) is 53.7 Å². The van der Waals surface area contributed by atoms with Crippen molar-refractivity contribution in [3.63, 3.8) is 0 Å². The molecule has 3 aromatic rings. The molecule has 112 valence electrons. The summed E-state index contributed by atoms with van der Waals surface area (Å²) in [6.45, 7) is 2.33. The van der Waals surface area contributed by atoms with Crippen LogP contribution in [-0.2, 0) is 6.54 Å². The van der Waals surface area contributed by atoms with E-state index in [1.807, 2.05) is 19.1 Å². The minimum atomic E-state index is -0.167. The highest BCUT2D eigenvalue weighted by Crippen LogP contribution is 2.26. The zero-order chi connectivity index (χ0) is 15.5. The van der Waals surface area contributed by atoms with Gasteiger partial charge in [-0.05, 0) is 36.8 Å². The first kappa shape index (κ1) is 14.4. The summed E-state index contributed by atoms with van der Waals surface area (Å²) in [6.07, 6.45) is 6.26. The van der Waals surface area contributed by atoms with E-state index in [1.165, 1.54) is 10.9 Å². The minimum Gasteiger partial charge on any atom is -0.467 e. The fraction of sp³-hybridized carbons (Fsp3) is 0.125. The van der Waals surface area contributed by atoms with Crippen molar-refractivity contribution in [3.05, 3.63) is 71.2 Å². The molecule has 0 atom stereocenters. The van der Waals surface area contributed by atoms with Crippen molar-refractivity contribution in [3.8, 4) is 0 Å². The number of furan rings is 1. The van der Waals surface area contributed by atoms with Gasteiger partial charge < -0.3 is 9.73 Å². The van der Waals surface area contributed by atoms with Gasteiger partial charge in [0, 0.05) is 23.1 Å². The van der Waals surface area contributed by atoms with Crippen LogP contribution in [0.25, 0.3) is 0 Å². The zero-order valence-corrected chi connectivity index (χ0v) is 12.7. The van der Waals surface area contributed by atoms with E-state index >= 15 is 0 Å². The first-order valence-electron chi connectivity index (χ1n) is 6.74. The first-order chi connectivity index (χ1) is 10.6. The molecular weight excluding hydrogens is 302 g/mol. The lowest BCUT2D eigenvalue weighted by Gasteiger charge is -2.13. The third-order valence-corrected chi connectivity index (χ3v) is 3.71. The fourth-order valence-electron chi connectivity index (χ4n) is 2.12. The molecule has 0 aliphatic carbocycles. The number of carbonyl (C=O) groups excluding carboxylic acids is 1. The average molecular weight is 316 g/mol. The number of benzene rings is 1. The predicted molar refractivity (Wildman–Crippen MR) is 84.2 cm³/mol. The van der Waals surface area contributed by atoms with Gasteiger partial charge in [-0.25, -0.2) is 4.98 Å². The van der Waals surface area contributed by atoms with Crippen LogP contribution in [0.5, 0.6) is 0 Å². The molecule has 0 bridgehead atoms. The Labute approximate surface area is 132 Å². The number of aryl methyl sites for hydroxylation is 1. The summed E-state index contributed by atoms with van der Waals surface area (Å²) in [5, 5.41) is 3.79. The molecule has 22 heavy (non-hydrogen) atoms. The van der Waals surface area contributed by atoms with E-state index in [9.17, 15) is 4.79 Å². The van der Waals surface area contributed by atoms with Crippen molar-refractivity contribution in [2.75, 3.05) is 5.32 Å². The number of hydrogen-bond acceptors (Lipinski definition) is 4. The van der Waals surface area contributed by atoms with Crippen molar-refractivity contribution >= 4 is 23.2 Å². The highest BCUT2D eigenvalue weighted by Gasteiger charge is 2.15. The average Bonchev–Trinajstić information content (AvgIpc) is 3.20. The Balaban J connectivity index is 1.93. The zero-order valence-electron chi connectivity index (χ0n) is 11.9. The third-order valence-electron chi connectivity index (χ3n) is 3.30. The standard InChI is InChI=1S/C16H14ClN3O2/c1-11-7-13(16(21)20-5-4-18-10-20)15(8-14(11)17)19-9-12-3-2-6-22-12/h2-8,10,19H,9H2,1H3. The molecule has 0 saturated heterocycles. The van der Waals surface area contributed by atoms with E-state index < -0.39 is 0 Å². The van der Waals surface area contributed by atoms with Gasteiger partial charge in [0.2, 0.25) is 0 Å². The molecule has 2 aromatic heterocycles. The maximum Gasteiger partial charge on any atom is 0.265 e. The van der Waals surface area contributed by atoms with E-state index in [0.717, 1.165) is 11.3 Å². The number of rotatable bonds is 4. The van der Waals surface area contributed by atoms with Crippen LogP contribution in [0.4, 0.5) is 5.69 Å². The second-order valence-corrected chi connectivity index (χ2v) is 5.26. The molecule has 0 fully saturated rings. The summed E-state index contributed by atoms with van der Waals surface area (Å²) >= 11 is 6.18. The van der Waals surface area contributed by atoms with E-state index in [1.54, 1.807) is 30.8 Å². The molecule has 2 heterocycles. The molecule has 0 saturated carbocycles. The molecule has 0 amide bonds. The maximum absolute atomic E-state index is 12.6. The number of imidazole rings is 1. The summed E-state index contributed by atoms with van der Waals surface area (Å²) in [4.78, 5) is 16.5. The Morgan fingerprint density at radius 3 is 3.00 bits per heavy atom. The van der Waals surface area contributed by atoms with E-state index in [2.05, 4.69) is 10.3 Å². The topological polar surface area (TPSA) is 60.1 Å². The van der Waals surface area contributed by atoms with Gasteiger partial charge >= 0.3 is 0 Å². The Morgan fingerprint density at radius 1 is 1.45 bits per heavy atom. The molecule has 1 N–H and O–H groups in total. The van der Waals surface area contributed by atoms with Gasteiger partial charge in [-0.2, -0.15) is 0 Å². The van der Waals surface area contributed by atoms with Crippen LogP contribution in [0.2, 0.25) is 5.02 Å². The normalized spacial score (nSPS) is 10.6. The lowest BCUT2D eigenvalue weighted by Crippen LogP contribution is -2.13. The van der Waals surface area contributed by atoms with E-state index in [0.29, 0.717) is 22.8 Å². The second kappa shape index (κ2) is 6.07. The van der Waals surface area contributed by atoms with Crippen LogP contribution in [0, 0.1) is 6.92 Å². The molecule has 0 spiro atoms. The monoisotopic (exact) mass is 315 g/mol. The van der Waals surface area contributed by atoms with Crippen molar-refractivity contribution in [2.45, 2.75) is 13.5 Å². The number of anilines is 1. The Bertz CT molecular complexity index is 780. The van der Waals surface area contributed by atoms with Gasteiger partial charge in [-0.3, -0.25) is 9.36 Å². The minimum absolute atomic E-state index is 0.167. The van der Waals surface area contributed by atoms with Crippen LogP contribution in [0.3, 0.4) is 0 Å². The van der Waals surface area contributed by atoms with Gasteiger partial charge in [0.1, 0.15) is 12.1 Å². The maximum atomic E-state index is 12.6. The molecule has 3 rings (SSSR count). The van der Waals surface area contributed by atoms with Crippen molar-refractivity contribution < 1.29 is 9.21 Å². The molecule has 0 aliphatic heterocycles. The van der Waals surface area contributed by atoms with Gasteiger partial charge in [0.05, 0.1) is 18.4 Å². The molecule has 0 radical (unpaired) electrons. The largest absolute Gasteiger partial charge is 0.467 e.